The summed E-state index contributed by atoms with van der Waals surface area (Å²) in [7, 11) is 0. The minimum Gasteiger partial charge on any atom is -0.327 e. The van der Waals surface area contributed by atoms with Crippen LogP contribution >= 0.6 is 27.5 Å². The third-order valence-corrected chi connectivity index (χ3v) is 3.87. The highest BCUT2D eigenvalue weighted by Crippen LogP contribution is 2.29. The summed E-state index contributed by atoms with van der Waals surface area (Å²) in [5.74, 6) is 0.957. The first-order valence-corrected chi connectivity index (χ1v) is 7.80. The molecule has 104 valence electrons. The molecule has 0 fully saturated rings. The predicted molar refractivity (Wildman–Crippen MR) is 85.8 cm³/mol. The summed E-state index contributed by atoms with van der Waals surface area (Å²) in [6.07, 6.45) is 1.10. The van der Waals surface area contributed by atoms with Crippen LogP contribution in [0.3, 0.4) is 0 Å². The van der Waals surface area contributed by atoms with Gasteiger partial charge in [0.15, 0.2) is 0 Å². The predicted octanol–water partition coefficient (Wildman–Crippen LogP) is 5.53. The van der Waals surface area contributed by atoms with Crippen LogP contribution in [0, 0.1) is 5.41 Å². The molecule has 0 saturated heterocycles. The molecule has 0 aliphatic heterocycles. The van der Waals surface area contributed by atoms with Gasteiger partial charge in [-0.15, -0.1) is 11.6 Å². The molecule has 0 aliphatic carbocycles. The molecule has 1 atom stereocenters. The van der Waals surface area contributed by atoms with Crippen molar-refractivity contribution >= 4 is 38.6 Å². The summed E-state index contributed by atoms with van der Waals surface area (Å²) in [5, 5.41) is -0.0776. The maximum Gasteiger partial charge on any atom is 0.127 e. The number of alkyl halides is 1. The Kier molecular flexibility index (Phi) is 4.26. The molecule has 1 heterocycles. The van der Waals surface area contributed by atoms with E-state index in [2.05, 4.69) is 52.3 Å². The van der Waals surface area contributed by atoms with Crippen LogP contribution in [-0.2, 0) is 6.54 Å². The Morgan fingerprint density at radius 2 is 2.05 bits per heavy atom. The molecule has 2 aromatic rings. The number of aryl methyl sites for hydroxylation is 1. The molecule has 1 aromatic carbocycles. The maximum atomic E-state index is 6.27. The number of imidazole rings is 1. The van der Waals surface area contributed by atoms with Crippen molar-refractivity contribution in [3.8, 4) is 0 Å². The van der Waals surface area contributed by atoms with Gasteiger partial charge in [-0.2, -0.15) is 0 Å². The molecular weight excluding hydrogens is 324 g/mol. The summed E-state index contributed by atoms with van der Waals surface area (Å²) in [4.78, 5) is 4.66. The van der Waals surface area contributed by atoms with Crippen molar-refractivity contribution in [2.24, 2.45) is 5.41 Å². The fraction of sp³-hybridized carbons (Fsp3) is 0.533. The van der Waals surface area contributed by atoms with Gasteiger partial charge in [-0.25, -0.2) is 4.98 Å². The molecule has 0 saturated carbocycles. The zero-order chi connectivity index (χ0) is 14.2. The van der Waals surface area contributed by atoms with Gasteiger partial charge in [0, 0.05) is 11.0 Å². The molecule has 0 spiro atoms. The number of fused-ring (bicyclic) bond motifs is 1. The Bertz CT molecular complexity index is 582. The summed E-state index contributed by atoms with van der Waals surface area (Å²) in [6, 6.07) is 6.18. The van der Waals surface area contributed by atoms with E-state index in [-0.39, 0.29) is 5.38 Å². The first kappa shape index (κ1) is 14.9. The fourth-order valence-corrected chi connectivity index (χ4v) is 2.62. The van der Waals surface area contributed by atoms with Crippen molar-refractivity contribution in [2.75, 3.05) is 0 Å². The molecule has 0 aliphatic rings. The summed E-state index contributed by atoms with van der Waals surface area (Å²) in [6.45, 7) is 9.69. The van der Waals surface area contributed by atoms with E-state index in [1.807, 2.05) is 19.1 Å². The lowest BCUT2D eigenvalue weighted by Crippen LogP contribution is -2.12. The van der Waals surface area contributed by atoms with E-state index in [1.54, 1.807) is 0 Å². The summed E-state index contributed by atoms with van der Waals surface area (Å²) < 4.78 is 3.33. The zero-order valence-corrected chi connectivity index (χ0v) is 14.2. The topological polar surface area (TPSA) is 17.8 Å². The van der Waals surface area contributed by atoms with E-state index in [9.17, 15) is 0 Å². The van der Waals surface area contributed by atoms with Crippen LogP contribution in [0.25, 0.3) is 11.0 Å². The number of benzene rings is 1. The lowest BCUT2D eigenvalue weighted by Gasteiger charge is -2.20. The highest BCUT2D eigenvalue weighted by molar-refractivity contribution is 9.10. The molecule has 2 nitrogen and oxygen atoms in total. The number of aromatic nitrogens is 2. The average molecular weight is 344 g/mol. The van der Waals surface area contributed by atoms with E-state index < -0.39 is 0 Å². The van der Waals surface area contributed by atoms with Gasteiger partial charge in [0.2, 0.25) is 0 Å². The van der Waals surface area contributed by atoms with Crippen LogP contribution in [0.15, 0.2) is 22.7 Å². The minimum absolute atomic E-state index is 0.0776. The molecule has 0 radical (unpaired) electrons. The number of hydrogen-bond acceptors (Lipinski definition) is 1. The standard InChI is InChI=1S/C15H20BrClN2/c1-10(17)14-18-12-6-5-11(16)9-13(12)19(14)8-7-15(2,3)4/h5-6,9-10H,7-8H2,1-4H3. The van der Waals surface area contributed by atoms with Gasteiger partial charge in [0.25, 0.3) is 0 Å². The van der Waals surface area contributed by atoms with Gasteiger partial charge >= 0.3 is 0 Å². The largest absolute Gasteiger partial charge is 0.327 e. The van der Waals surface area contributed by atoms with E-state index in [4.69, 9.17) is 11.6 Å². The molecule has 0 N–H and O–H groups in total. The fourth-order valence-electron chi connectivity index (χ4n) is 2.10. The molecular formula is C15H20BrClN2. The molecule has 1 unspecified atom stereocenters. The second kappa shape index (κ2) is 5.45. The quantitative estimate of drug-likeness (QED) is 0.669. The monoisotopic (exact) mass is 342 g/mol. The van der Waals surface area contributed by atoms with Crippen molar-refractivity contribution in [1.29, 1.82) is 0 Å². The Morgan fingerprint density at radius 1 is 1.37 bits per heavy atom. The number of hydrogen-bond donors (Lipinski definition) is 0. The highest BCUT2D eigenvalue weighted by atomic mass is 79.9. The van der Waals surface area contributed by atoms with Gasteiger partial charge < -0.3 is 4.57 Å². The third-order valence-electron chi connectivity index (χ3n) is 3.18. The highest BCUT2D eigenvalue weighted by Gasteiger charge is 2.17. The van der Waals surface area contributed by atoms with Crippen LogP contribution in [0.5, 0.6) is 0 Å². The Balaban J connectivity index is 2.48. The smallest absolute Gasteiger partial charge is 0.127 e. The first-order valence-electron chi connectivity index (χ1n) is 6.58. The maximum absolute atomic E-state index is 6.27. The van der Waals surface area contributed by atoms with E-state index in [0.717, 1.165) is 34.3 Å². The van der Waals surface area contributed by atoms with Gasteiger partial charge in [0.1, 0.15) is 5.82 Å². The van der Waals surface area contributed by atoms with E-state index in [0.29, 0.717) is 5.41 Å². The van der Waals surface area contributed by atoms with Crippen LogP contribution in [0.1, 0.15) is 45.3 Å². The third kappa shape index (κ3) is 3.51. The first-order chi connectivity index (χ1) is 8.78. The second-order valence-electron chi connectivity index (χ2n) is 6.18. The second-order valence-corrected chi connectivity index (χ2v) is 7.75. The van der Waals surface area contributed by atoms with Crippen LogP contribution in [0.2, 0.25) is 0 Å². The normalized spacial score (nSPS) is 14.0. The van der Waals surface area contributed by atoms with Gasteiger partial charge in [0.05, 0.1) is 16.4 Å². The van der Waals surface area contributed by atoms with Gasteiger partial charge in [-0.05, 0) is 37.0 Å². The lowest BCUT2D eigenvalue weighted by molar-refractivity contribution is 0.350. The van der Waals surface area contributed by atoms with Gasteiger partial charge in [-0.1, -0.05) is 36.7 Å². The van der Waals surface area contributed by atoms with Crippen molar-refractivity contribution in [3.63, 3.8) is 0 Å². The van der Waals surface area contributed by atoms with Crippen molar-refractivity contribution in [3.05, 3.63) is 28.5 Å². The Hall–Kier alpha value is -0.540. The number of nitrogens with zero attached hydrogens (tertiary/aromatic N) is 2. The molecule has 19 heavy (non-hydrogen) atoms. The van der Waals surface area contributed by atoms with Crippen molar-refractivity contribution in [1.82, 2.24) is 9.55 Å². The number of halogens is 2. The lowest BCUT2D eigenvalue weighted by atomic mass is 9.92. The van der Waals surface area contributed by atoms with E-state index in [1.165, 1.54) is 0 Å². The summed E-state index contributed by atoms with van der Waals surface area (Å²) in [5.41, 5.74) is 2.47. The molecule has 4 heteroatoms. The molecule has 0 amide bonds. The molecule has 1 aromatic heterocycles. The van der Waals surface area contributed by atoms with Crippen LogP contribution in [-0.4, -0.2) is 9.55 Å². The number of rotatable bonds is 3. The van der Waals surface area contributed by atoms with Crippen molar-refractivity contribution < 1.29 is 0 Å². The minimum atomic E-state index is -0.0776. The van der Waals surface area contributed by atoms with E-state index >= 15 is 0 Å². The van der Waals surface area contributed by atoms with Crippen LogP contribution in [0.4, 0.5) is 0 Å². The van der Waals surface area contributed by atoms with Gasteiger partial charge in [-0.3, -0.25) is 0 Å². The van der Waals surface area contributed by atoms with Crippen molar-refractivity contribution in [2.45, 2.75) is 46.0 Å². The molecule has 2 rings (SSSR count). The average Bonchev–Trinajstić information content (AvgIpc) is 2.63. The SMILES string of the molecule is CC(Cl)c1nc2ccc(Br)cc2n1CCC(C)(C)C. The Labute approximate surface area is 128 Å². The molecule has 0 bridgehead atoms. The van der Waals surface area contributed by atoms with Crippen LogP contribution < -0.4 is 0 Å². The Morgan fingerprint density at radius 3 is 2.63 bits per heavy atom. The summed E-state index contributed by atoms with van der Waals surface area (Å²) >= 11 is 9.80. The zero-order valence-electron chi connectivity index (χ0n) is 11.9.